The summed E-state index contributed by atoms with van der Waals surface area (Å²) in [5.41, 5.74) is 1.32. The maximum Gasteiger partial charge on any atom is 0.264 e. The van der Waals surface area contributed by atoms with Gasteiger partial charge >= 0.3 is 0 Å². The molecular weight excluding hydrogens is 402 g/mol. The van der Waals surface area contributed by atoms with Crippen molar-refractivity contribution >= 4 is 28.5 Å². The molecule has 0 radical (unpaired) electrons. The molecule has 2 aromatic heterocycles. The Labute approximate surface area is 180 Å². The van der Waals surface area contributed by atoms with Crippen LogP contribution in [-0.2, 0) is 17.9 Å². The van der Waals surface area contributed by atoms with Gasteiger partial charge in [-0.25, -0.2) is 9.67 Å². The lowest BCUT2D eigenvalue weighted by Crippen LogP contribution is -2.29. The van der Waals surface area contributed by atoms with Crippen LogP contribution in [0, 0.1) is 5.92 Å². The molecule has 0 unspecified atom stereocenters. The summed E-state index contributed by atoms with van der Waals surface area (Å²) in [4.78, 5) is 29.4. The maximum atomic E-state index is 12.8. The van der Waals surface area contributed by atoms with E-state index >= 15 is 0 Å². The summed E-state index contributed by atoms with van der Waals surface area (Å²) in [6.07, 6.45) is 9.75. The third kappa shape index (κ3) is 4.90. The second-order valence-corrected chi connectivity index (χ2v) is 8.41. The van der Waals surface area contributed by atoms with Crippen LogP contribution in [0.3, 0.4) is 0 Å². The van der Waals surface area contributed by atoms with E-state index in [1.807, 2.05) is 18.2 Å². The zero-order chi connectivity index (χ0) is 20.9. The third-order valence-electron chi connectivity index (χ3n) is 5.71. The Kier molecular flexibility index (Phi) is 6.47. The number of amides is 1. The molecule has 158 valence electrons. The highest BCUT2D eigenvalue weighted by molar-refractivity contribution is 6.30. The molecule has 30 heavy (non-hydrogen) atoms. The quantitative estimate of drug-likeness (QED) is 0.626. The minimum Gasteiger partial charge on any atom is -0.354 e. The van der Waals surface area contributed by atoms with Crippen LogP contribution >= 0.6 is 11.6 Å². The van der Waals surface area contributed by atoms with Crippen molar-refractivity contribution in [3.8, 4) is 0 Å². The number of aromatic nitrogens is 4. The summed E-state index contributed by atoms with van der Waals surface area (Å²) in [7, 11) is 0. The Balaban J connectivity index is 1.38. The molecule has 1 aliphatic rings. The Morgan fingerprint density at radius 1 is 1.23 bits per heavy atom. The fraction of sp³-hybridized carbons (Fsp3) is 0.455. The van der Waals surface area contributed by atoms with E-state index in [0.29, 0.717) is 48.0 Å². The lowest BCUT2D eigenvalue weighted by Gasteiger charge is -2.20. The molecule has 1 fully saturated rings. The van der Waals surface area contributed by atoms with Crippen LogP contribution in [0.2, 0.25) is 5.02 Å². The standard InChI is InChI=1S/C22H26ClN5O2/c23-18-8-4-7-17(11-18)14-27-15-25-21-19(22(27)30)13-26-28(21)10-9-24-20(29)12-16-5-2-1-3-6-16/h4,7-8,11,13,15-16H,1-3,5-6,9-10,12,14H2,(H,24,29). The van der Waals surface area contributed by atoms with Gasteiger partial charge in [0.1, 0.15) is 11.7 Å². The predicted octanol–water partition coefficient (Wildman–Crippen LogP) is 3.38. The minimum atomic E-state index is -0.146. The first-order valence-corrected chi connectivity index (χ1v) is 10.9. The number of hydrogen-bond acceptors (Lipinski definition) is 4. The number of nitrogens with one attached hydrogen (secondary N) is 1. The van der Waals surface area contributed by atoms with E-state index < -0.39 is 0 Å². The number of nitrogens with zero attached hydrogens (tertiary/aromatic N) is 4. The van der Waals surface area contributed by atoms with E-state index in [-0.39, 0.29) is 11.5 Å². The average Bonchev–Trinajstić information content (AvgIpc) is 3.15. The van der Waals surface area contributed by atoms with Gasteiger partial charge in [0.25, 0.3) is 5.56 Å². The SMILES string of the molecule is O=C(CC1CCCCC1)NCCn1ncc2c(=O)n(Cc3cccc(Cl)c3)cnc21. The molecule has 1 N–H and O–H groups in total. The van der Waals surface area contributed by atoms with Crippen LogP contribution in [0.1, 0.15) is 44.1 Å². The third-order valence-corrected chi connectivity index (χ3v) is 5.94. The van der Waals surface area contributed by atoms with Crippen LogP contribution in [0.5, 0.6) is 0 Å². The van der Waals surface area contributed by atoms with Gasteiger partial charge in [-0.2, -0.15) is 5.10 Å². The molecule has 3 aromatic rings. The normalized spacial score (nSPS) is 14.8. The smallest absolute Gasteiger partial charge is 0.264 e. The molecule has 4 rings (SSSR count). The number of fused-ring (bicyclic) bond motifs is 1. The summed E-state index contributed by atoms with van der Waals surface area (Å²) in [6, 6.07) is 7.40. The molecule has 0 saturated heterocycles. The van der Waals surface area contributed by atoms with Crippen LogP contribution < -0.4 is 10.9 Å². The minimum absolute atomic E-state index is 0.0928. The van der Waals surface area contributed by atoms with E-state index in [2.05, 4.69) is 15.4 Å². The van der Waals surface area contributed by atoms with Crippen molar-refractivity contribution < 1.29 is 4.79 Å². The molecule has 8 heteroatoms. The second kappa shape index (κ2) is 9.43. The largest absolute Gasteiger partial charge is 0.354 e. The fourth-order valence-electron chi connectivity index (χ4n) is 4.13. The lowest BCUT2D eigenvalue weighted by atomic mass is 9.87. The molecule has 2 heterocycles. The van der Waals surface area contributed by atoms with E-state index in [9.17, 15) is 9.59 Å². The first-order valence-electron chi connectivity index (χ1n) is 10.5. The number of hydrogen-bond donors (Lipinski definition) is 1. The van der Waals surface area contributed by atoms with Crippen LogP contribution in [0.15, 0.2) is 41.6 Å². The van der Waals surface area contributed by atoms with Gasteiger partial charge in [-0.1, -0.05) is 43.0 Å². The summed E-state index contributed by atoms with van der Waals surface area (Å²) in [5.74, 6) is 0.610. The molecule has 0 bridgehead atoms. The molecule has 0 aliphatic heterocycles. The molecule has 7 nitrogen and oxygen atoms in total. The van der Waals surface area contributed by atoms with Crippen molar-refractivity contribution in [3.05, 3.63) is 57.7 Å². The zero-order valence-corrected chi connectivity index (χ0v) is 17.6. The van der Waals surface area contributed by atoms with E-state index in [0.717, 1.165) is 18.4 Å². The predicted molar refractivity (Wildman–Crippen MR) is 117 cm³/mol. The summed E-state index contributed by atoms with van der Waals surface area (Å²) in [5, 5.41) is 8.37. The zero-order valence-electron chi connectivity index (χ0n) is 16.9. The fourth-order valence-corrected chi connectivity index (χ4v) is 4.35. The first-order chi connectivity index (χ1) is 14.6. The summed E-state index contributed by atoms with van der Waals surface area (Å²) >= 11 is 6.03. The van der Waals surface area contributed by atoms with E-state index in [1.165, 1.54) is 25.6 Å². The maximum absolute atomic E-state index is 12.8. The summed E-state index contributed by atoms with van der Waals surface area (Å²) in [6.45, 7) is 1.34. The highest BCUT2D eigenvalue weighted by Crippen LogP contribution is 2.26. The highest BCUT2D eigenvalue weighted by atomic mass is 35.5. The second-order valence-electron chi connectivity index (χ2n) is 7.97. The number of benzene rings is 1. The molecule has 1 aliphatic carbocycles. The van der Waals surface area contributed by atoms with Gasteiger partial charge in [0, 0.05) is 18.0 Å². The summed E-state index contributed by atoms with van der Waals surface area (Å²) < 4.78 is 3.22. The number of halogens is 1. The Bertz CT molecular complexity index is 1080. The molecule has 0 spiro atoms. The average molecular weight is 428 g/mol. The van der Waals surface area contributed by atoms with Crippen molar-refractivity contribution in [2.75, 3.05) is 6.54 Å². The van der Waals surface area contributed by atoms with E-state index in [4.69, 9.17) is 11.6 Å². The van der Waals surface area contributed by atoms with Gasteiger partial charge in [0.15, 0.2) is 5.65 Å². The van der Waals surface area contributed by atoms with Gasteiger partial charge in [-0.15, -0.1) is 0 Å². The monoisotopic (exact) mass is 427 g/mol. The van der Waals surface area contributed by atoms with Crippen molar-refractivity contribution in [2.24, 2.45) is 5.92 Å². The Morgan fingerprint density at radius 3 is 2.87 bits per heavy atom. The molecular formula is C22H26ClN5O2. The Hall–Kier alpha value is -2.67. The van der Waals surface area contributed by atoms with Gasteiger partial charge in [0.2, 0.25) is 5.91 Å². The van der Waals surface area contributed by atoms with Crippen LogP contribution in [-0.4, -0.2) is 31.8 Å². The van der Waals surface area contributed by atoms with Crippen molar-refractivity contribution in [2.45, 2.75) is 51.6 Å². The van der Waals surface area contributed by atoms with Crippen LogP contribution in [0.4, 0.5) is 0 Å². The number of rotatable bonds is 7. The topological polar surface area (TPSA) is 81.8 Å². The van der Waals surface area contributed by atoms with Crippen LogP contribution in [0.25, 0.3) is 11.0 Å². The van der Waals surface area contributed by atoms with Gasteiger partial charge in [-0.3, -0.25) is 14.2 Å². The highest BCUT2D eigenvalue weighted by Gasteiger charge is 2.17. The van der Waals surface area contributed by atoms with Crippen molar-refractivity contribution in [1.29, 1.82) is 0 Å². The number of carbonyl (C=O) groups is 1. The van der Waals surface area contributed by atoms with Gasteiger partial charge in [0.05, 0.1) is 19.3 Å². The molecule has 1 saturated carbocycles. The van der Waals surface area contributed by atoms with Crippen molar-refractivity contribution in [1.82, 2.24) is 24.6 Å². The van der Waals surface area contributed by atoms with Gasteiger partial charge in [-0.05, 0) is 36.5 Å². The number of carbonyl (C=O) groups excluding carboxylic acids is 1. The Morgan fingerprint density at radius 2 is 2.07 bits per heavy atom. The molecule has 0 atom stereocenters. The van der Waals surface area contributed by atoms with Gasteiger partial charge < -0.3 is 5.32 Å². The molecule has 1 amide bonds. The van der Waals surface area contributed by atoms with Crippen molar-refractivity contribution in [3.63, 3.8) is 0 Å². The van der Waals surface area contributed by atoms with E-state index in [1.54, 1.807) is 21.5 Å². The first kappa shape index (κ1) is 20.6. The molecule has 1 aromatic carbocycles. The lowest BCUT2D eigenvalue weighted by molar-refractivity contribution is -0.122.